The summed E-state index contributed by atoms with van der Waals surface area (Å²) in [4.78, 5) is 20.4. The summed E-state index contributed by atoms with van der Waals surface area (Å²) < 4.78 is 97.6. The Bertz CT molecular complexity index is 1390. The monoisotopic (exact) mass is 632 g/mol. The van der Waals surface area contributed by atoms with Crippen LogP contribution in [0.3, 0.4) is 0 Å². The summed E-state index contributed by atoms with van der Waals surface area (Å²) in [7, 11) is 0. The number of anilines is 1. The second-order valence-corrected chi connectivity index (χ2v) is 9.56. The first kappa shape index (κ1) is 30.8. The minimum Gasteiger partial charge on any atom is -0.281 e. The lowest BCUT2D eigenvalue weighted by Gasteiger charge is -2.19. The molecule has 39 heavy (non-hydrogen) atoms. The Morgan fingerprint density at radius 2 is 1.67 bits per heavy atom. The van der Waals surface area contributed by atoms with Crippen LogP contribution in [0.1, 0.15) is 33.0 Å². The summed E-state index contributed by atoms with van der Waals surface area (Å²) in [5.74, 6) is -5.46. The Balaban J connectivity index is 1.97. The number of alkyl halides is 6. The van der Waals surface area contributed by atoms with Crippen molar-refractivity contribution in [2.75, 3.05) is 11.7 Å². The third-order valence-corrected chi connectivity index (χ3v) is 6.76. The quantitative estimate of drug-likeness (QED) is 0.0897. The van der Waals surface area contributed by atoms with Crippen molar-refractivity contribution >= 4 is 64.1 Å². The van der Waals surface area contributed by atoms with E-state index in [4.69, 9.17) is 34.8 Å². The summed E-state index contributed by atoms with van der Waals surface area (Å²) in [5.41, 5.74) is 0.414. The standard InChI is InChI=1S/C23H14Cl3F7N4OS/c1-39-21-34-5-4-18(35-21)36-37-20(38)12-3-2-10(6-14(12)23(31,32)33)17(27)9-13(22(28,29)30)11-7-15(24)19(26)16(25)8-11/h2-9,13H,1H3,(H,37,38)(H,34,35,36). The van der Waals surface area contributed by atoms with Gasteiger partial charge in [0.15, 0.2) is 5.16 Å². The highest BCUT2D eigenvalue weighted by Gasteiger charge is 2.41. The lowest BCUT2D eigenvalue weighted by atomic mass is 9.95. The molecule has 1 unspecified atom stereocenters. The number of aromatic nitrogens is 2. The maximum Gasteiger partial charge on any atom is 0.417 e. The van der Waals surface area contributed by atoms with Crippen LogP contribution in [0, 0.1) is 0 Å². The van der Waals surface area contributed by atoms with Crippen LogP contribution >= 0.6 is 46.6 Å². The average Bonchev–Trinajstić information content (AvgIpc) is 2.87. The highest BCUT2D eigenvalue weighted by molar-refractivity contribution is 7.98. The molecular formula is C23H14Cl3F7N4OS. The van der Waals surface area contributed by atoms with Crippen molar-refractivity contribution in [3.63, 3.8) is 0 Å². The Kier molecular flexibility index (Phi) is 9.63. The van der Waals surface area contributed by atoms with Crippen LogP contribution in [-0.4, -0.2) is 28.3 Å². The largest absolute Gasteiger partial charge is 0.417 e. The van der Waals surface area contributed by atoms with Gasteiger partial charge in [0.05, 0.1) is 26.2 Å². The highest BCUT2D eigenvalue weighted by Crippen LogP contribution is 2.42. The smallest absolute Gasteiger partial charge is 0.281 e. The van der Waals surface area contributed by atoms with E-state index >= 15 is 0 Å². The van der Waals surface area contributed by atoms with Crippen LogP contribution in [0.15, 0.2) is 53.8 Å². The van der Waals surface area contributed by atoms with E-state index in [1.54, 1.807) is 6.26 Å². The lowest BCUT2D eigenvalue weighted by Crippen LogP contribution is -2.31. The maximum absolute atomic E-state index is 15.0. The van der Waals surface area contributed by atoms with E-state index in [2.05, 4.69) is 15.4 Å². The van der Waals surface area contributed by atoms with Crippen LogP contribution in [0.2, 0.25) is 15.1 Å². The molecule has 0 aliphatic rings. The molecule has 1 aromatic heterocycles. The van der Waals surface area contributed by atoms with Crippen LogP contribution in [0.4, 0.5) is 36.6 Å². The van der Waals surface area contributed by atoms with Crippen molar-refractivity contribution in [3.05, 3.63) is 86.0 Å². The zero-order valence-corrected chi connectivity index (χ0v) is 22.3. The van der Waals surface area contributed by atoms with Crippen LogP contribution < -0.4 is 10.9 Å². The van der Waals surface area contributed by atoms with Crippen molar-refractivity contribution in [2.45, 2.75) is 23.4 Å². The van der Waals surface area contributed by atoms with Gasteiger partial charge in [0.25, 0.3) is 5.91 Å². The highest BCUT2D eigenvalue weighted by atomic mass is 35.5. The zero-order chi connectivity index (χ0) is 29.1. The number of hydrogen-bond donors (Lipinski definition) is 2. The van der Waals surface area contributed by atoms with E-state index in [0.29, 0.717) is 11.2 Å². The number of carbonyl (C=O) groups is 1. The molecule has 5 nitrogen and oxygen atoms in total. The second-order valence-electron chi connectivity index (χ2n) is 7.60. The molecule has 1 heterocycles. The number of hydrazine groups is 1. The van der Waals surface area contributed by atoms with Gasteiger partial charge in [0.2, 0.25) is 0 Å². The fourth-order valence-corrected chi connectivity index (χ4v) is 4.17. The van der Waals surface area contributed by atoms with E-state index in [1.165, 1.54) is 24.0 Å². The summed E-state index contributed by atoms with van der Waals surface area (Å²) in [6.45, 7) is 0. The average molecular weight is 634 g/mol. The third kappa shape index (κ3) is 7.68. The molecule has 3 rings (SSSR count). The summed E-state index contributed by atoms with van der Waals surface area (Å²) in [6.07, 6.45) is -7.14. The van der Waals surface area contributed by atoms with Gasteiger partial charge in [-0.25, -0.2) is 14.4 Å². The predicted molar refractivity (Wildman–Crippen MR) is 136 cm³/mol. The van der Waals surface area contributed by atoms with Crippen molar-refractivity contribution in [1.29, 1.82) is 0 Å². The normalized spacial score (nSPS) is 13.3. The molecule has 0 radical (unpaired) electrons. The minimum atomic E-state index is -5.16. The molecule has 2 aromatic carbocycles. The number of halogens is 10. The molecule has 0 spiro atoms. The van der Waals surface area contributed by atoms with Crippen molar-refractivity contribution < 1.29 is 35.5 Å². The number of carbonyl (C=O) groups excluding carboxylic acids is 1. The van der Waals surface area contributed by atoms with E-state index in [-0.39, 0.29) is 33.0 Å². The molecule has 1 atom stereocenters. The molecule has 0 aliphatic heterocycles. The van der Waals surface area contributed by atoms with Crippen molar-refractivity contribution in [1.82, 2.24) is 15.4 Å². The summed E-state index contributed by atoms with van der Waals surface area (Å²) in [6, 6.07) is 4.58. The molecule has 0 fully saturated rings. The van der Waals surface area contributed by atoms with Crippen LogP contribution in [0.25, 0.3) is 5.83 Å². The number of thioether (sulfide) groups is 1. The first-order valence-corrected chi connectivity index (χ1v) is 12.7. The Labute approximate surface area is 235 Å². The van der Waals surface area contributed by atoms with E-state index in [0.717, 1.165) is 18.2 Å². The number of rotatable bonds is 7. The lowest BCUT2D eigenvalue weighted by molar-refractivity contribution is -0.140. The third-order valence-electron chi connectivity index (χ3n) is 5.00. The number of benzene rings is 2. The fraction of sp³-hybridized carbons (Fsp3) is 0.174. The molecule has 0 saturated heterocycles. The van der Waals surface area contributed by atoms with E-state index in [9.17, 15) is 35.5 Å². The van der Waals surface area contributed by atoms with Crippen molar-refractivity contribution in [3.8, 4) is 0 Å². The predicted octanol–water partition coefficient (Wildman–Crippen LogP) is 8.59. The molecule has 1 amide bonds. The second kappa shape index (κ2) is 12.2. The number of hydrogen-bond acceptors (Lipinski definition) is 5. The SMILES string of the molecule is CSc1nccc(NNC(=O)c2ccc(C(F)=CC(c3cc(Cl)c(Cl)c(Cl)c3)C(F)(F)F)cc2C(F)(F)F)n1. The molecule has 3 aromatic rings. The van der Waals surface area contributed by atoms with E-state index in [1.807, 2.05) is 5.43 Å². The number of allylic oxidation sites excluding steroid dienone is 1. The molecule has 208 valence electrons. The van der Waals surface area contributed by atoms with Gasteiger partial charge in [0, 0.05) is 17.8 Å². The molecule has 0 saturated carbocycles. The number of nitrogens with one attached hydrogen (secondary N) is 2. The van der Waals surface area contributed by atoms with Crippen molar-refractivity contribution in [2.24, 2.45) is 0 Å². The van der Waals surface area contributed by atoms with Gasteiger partial charge in [0.1, 0.15) is 17.6 Å². The van der Waals surface area contributed by atoms with Crippen LogP contribution in [-0.2, 0) is 6.18 Å². The summed E-state index contributed by atoms with van der Waals surface area (Å²) in [5, 5.41) is -0.582. The molecule has 0 aliphatic carbocycles. The van der Waals surface area contributed by atoms with Crippen LogP contribution in [0.5, 0.6) is 0 Å². The molecule has 2 N–H and O–H groups in total. The van der Waals surface area contributed by atoms with Gasteiger partial charge in [-0.05, 0) is 42.2 Å². The Morgan fingerprint density at radius 3 is 2.23 bits per heavy atom. The fourth-order valence-electron chi connectivity index (χ4n) is 3.20. The van der Waals surface area contributed by atoms with E-state index < -0.39 is 52.3 Å². The number of nitrogens with zero attached hydrogens (tertiary/aromatic N) is 2. The molecular weight excluding hydrogens is 620 g/mol. The zero-order valence-electron chi connectivity index (χ0n) is 19.2. The van der Waals surface area contributed by atoms with Gasteiger partial charge in [-0.3, -0.25) is 15.6 Å². The first-order valence-electron chi connectivity index (χ1n) is 10.3. The first-order chi connectivity index (χ1) is 18.1. The summed E-state index contributed by atoms with van der Waals surface area (Å²) >= 11 is 18.5. The van der Waals surface area contributed by atoms with Gasteiger partial charge in [-0.1, -0.05) is 52.6 Å². The Morgan fingerprint density at radius 1 is 1.03 bits per heavy atom. The van der Waals surface area contributed by atoms with Gasteiger partial charge >= 0.3 is 12.4 Å². The number of amides is 1. The Hall–Kier alpha value is -2.74. The van der Waals surface area contributed by atoms with Gasteiger partial charge in [-0.2, -0.15) is 26.3 Å². The minimum absolute atomic E-state index is 0.0717. The maximum atomic E-state index is 15.0. The van der Waals surface area contributed by atoms with Gasteiger partial charge < -0.3 is 0 Å². The molecule has 0 bridgehead atoms. The molecule has 16 heteroatoms. The van der Waals surface area contributed by atoms with Gasteiger partial charge in [-0.15, -0.1) is 0 Å². The topological polar surface area (TPSA) is 66.9 Å².